The van der Waals surface area contributed by atoms with E-state index >= 15 is 0 Å². The van der Waals surface area contributed by atoms with Crippen LogP contribution < -0.4 is 10.1 Å². The van der Waals surface area contributed by atoms with Crippen LogP contribution >= 0.6 is 0 Å². The van der Waals surface area contributed by atoms with Crippen LogP contribution in [0.15, 0.2) is 24.3 Å². The third-order valence-corrected chi connectivity index (χ3v) is 4.06. The van der Waals surface area contributed by atoms with Crippen molar-refractivity contribution in [2.75, 3.05) is 13.2 Å². The van der Waals surface area contributed by atoms with Gasteiger partial charge in [0.1, 0.15) is 11.8 Å². The lowest BCUT2D eigenvalue weighted by Gasteiger charge is -2.40. The number of halogens is 3. The van der Waals surface area contributed by atoms with E-state index in [-0.39, 0.29) is 31.5 Å². The molecule has 24 heavy (non-hydrogen) atoms. The third-order valence-electron chi connectivity index (χ3n) is 4.06. The van der Waals surface area contributed by atoms with Crippen LogP contribution in [-0.2, 0) is 11.3 Å². The SMILES string of the molecule is CCOc1cccc(CN2C[C@H](NC(C)=O)CC[C@H]2C(F)(F)F)c1. The molecule has 2 rings (SSSR count). The average molecular weight is 344 g/mol. The van der Waals surface area contributed by atoms with Gasteiger partial charge in [0.15, 0.2) is 0 Å². The number of piperidine rings is 1. The van der Waals surface area contributed by atoms with E-state index in [2.05, 4.69) is 5.32 Å². The van der Waals surface area contributed by atoms with E-state index in [1.807, 2.05) is 6.92 Å². The number of hydrogen-bond donors (Lipinski definition) is 1. The molecule has 1 aliphatic heterocycles. The molecule has 0 bridgehead atoms. The first-order valence-electron chi connectivity index (χ1n) is 8.09. The molecule has 0 aromatic heterocycles. The van der Waals surface area contributed by atoms with Crippen molar-refractivity contribution < 1.29 is 22.7 Å². The minimum Gasteiger partial charge on any atom is -0.494 e. The zero-order chi connectivity index (χ0) is 17.7. The summed E-state index contributed by atoms with van der Waals surface area (Å²) in [5, 5.41) is 2.73. The topological polar surface area (TPSA) is 41.6 Å². The second-order valence-electron chi connectivity index (χ2n) is 6.04. The molecule has 7 heteroatoms. The summed E-state index contributed by atoms with van der Waals surface area (Å²) in [6.45, 7) is 4.09. The summed E-state index contributed by atoms with van der Waals surface area (Å²) in [5.74, 6) is 0.428. The number of carbonyl (C=O) groups is 1. The van der Waals surface area contributed by atoms with Gasteiger partial charge in [0.05, 0.1) is 6.61 Å². The van der Waals surface area contributed by atoms with Crippen LogP contribution in [0, 0.1) is 0 Å². The number of likely N-dealkylation sites (tertiary alicyclic amines) is 1. The summed E-state index contributed by atoms with van der Waals surface area (Å²) in [7, 11) is 0. The van der Waals surface area contributed by atoms with Crippen molar-refractivity contribution in [2.45, 2.75) is 51.5 Å². The first-order valence-corrected chi connectivity index (χ1v) is 8.09. The van der Waals surface area contributed by atoms with Crippen LogP contribution in [0.3, 0.4) is 0 Å². The van der Waals surface area contributed by atoms with E-state index in [0.29, 0.717) is 18.8 Å². The standard InChI is InChI=1S/C17H23F3N2O2/c1-3-24-15-6-4-5-13(9-15)10-22-11-14(21-12(2)23)7-8-16(22)17(18,19)20/h4-6,9,14,16H,3,7-8,10-11H2,1-2H3,(H,21,23)/t14-,16+/m1/s1. The highest BCUT2D eigenvalue weighted by atomic mass is 19.4. The van der Waals surface area contributed by atoms with Gasteiger partial charge in [-0.3, -0.25) is 9.69 Å². The van der Waals surface area contributed by atoms with Gasteiger partial charge in [0.25, 0.3) is 0 Å². The molecule has 1 N–H and O–H groups in total. The molecule has 0 unspecified atom stereocenters. The van der Waals surface area contributed by atoms with Gasteiger partial charge in [-0.25, -0.2) is 0 Å². The van der Waals surface area contributed by atoms with Crippen LogP contribution in [0.2, 0.25) is 0 Å². The predicted octanol–water partition coefficient (Wildman–Crippen LogP) is 3.12. The molecule has 1 amide bonds. The highest BCUT2D eigenvalue weighted by Gasteiger charge is 2.46. The summed E-state index contributed by atoms with van der Waals surface area (Å²) in [4.78, 5) is 12.6. The highest BCUT2D eigenvalue weighted by molar-refractivity contribution is 5.73. The lowest BCUT2D eigenvalue weighted by Crippen LogP contribution is -2.55. The van der Waals surface area contributed by atoms with E-state index in [4.69, 9.17) is 4.74 Å². The maximum atomic E-state index is 13.3. The maximum Gasteiger partial charge on any atom is 0.404 e. The van der Waals surface area contributed by atoms with Gasteiger partial charge >= 0.3 is 6.18 Å². The Labute approximate surface area is 140 Å². The Hall–Kier alpha value is -1.76. The molecule has 0 spiro atoms. The molecule has 1 saturated heterocycles. The van der Waals surface area contributed by atoms with Gasteiger partial charge in [-0.15, -0.1) is 0 Å². The number of amides is 1. The minimum atomic E-state index is -4.28. The number of ether oxygens (including phenoxy) is 1. The second-order valence-corrected chi connectivity index (χ2v) is 6.04. The molecule has 0 aliphatic carbocycles. The molecule has 1 fully saturated rings. The summed E-state index contributed by atoms with van der Waals surface area (Å²) >= 11 is 0. The van der Waals surface area contributed by atoms with Crippen LogP contribution in [0.1, 0.15) is 32.3 Å². The fraction of sp³-hybridized carbons (Fsp3) is 0.588. The first kappa shape index (κ1) is 18.6. The van der Waals surface area contributed by atoms with E-state index in [1.165, 1.54) is 11.8 Å². The fourth-order valence-electron chi connectivity index (χ4n) is 3.13. The van der Waals surface area contributed by atoms with E-state index in [0.717, 1.165) is 5.56 Å². The first-order chi connectivity index (χ1) is 11.3. The average Bonchev–Trinajstić information content (AvgIpc) is 2.46. The normalized spacial score (nSPS) is 22.2. The Morgan fingerprint density at radius 3 is 2.75 bits per heavy atom. The zero-order valence-electron chi connectivity index (χ0n) is 13.9. The van der Waals surface area contributed by atoms with Crippen molar-refractivity contribution in [1.82, 2.24) is 10.2 Å². The van der Waals surface area contributed by atoms with Crippen molar-refractivity contribution in [3.05, 3.63) is 29.8 Å². The smallest absolute Gasteiger partial charge is 0.404 e. The Morgan fingerprint density at radius 2 is 2.12 bits per heavy atom. The van der Waals surface area contributed by atoms with Gasteiger partial charge in [0.2, 0.25) is 5.91 Å². The number of benzene rings is 1. The molecule has 1 heterocycles. The van der Waals surface area contributed by atoms with Crippen molar-refractivity contribution in [2.24, 2.45) is 0 Å². The van der Waals surface area contributed by atoms with Crippen LogP contribution in [0.5, 0.6) is 5.75 Å². The van der Waals surface area contributed by atoms with Gasteiger partial charge < -0.3 is 10.1 Å². The molecule has 2 atom stereocenters. The Morgan fingerprint density at radius 1 is 1.38 bits per heavy atom. The molecule has 134 valence electrons. The van der Waals surface area contributed by atoms with Crippen LogP contribution in [0.4, 0.5) is 13.2 Å². The number of hydrogen-bond acceptors (Lipinski definition) is 3. The number of carbonyl (C=O) groups excluding carboxylic acids is 1. The molecular formula is C17H23F3N2O2. The van der Waals surface area contributed by atoms with Crippen LogP contribution in [0.25, 0.3) is 0 Å². The second kappa shape index (κ2) is 7.88. The summed E-state index contributed by atoms with van der Waals surface area (Å²) in [5.41, 5.74) is 0.763. The molecule has 1 aliphatic rings. The van der Waals surface area contributed by atoms with Crippen molar-refractivity contribution in [1.29, 1.82) is 0 Å². The predicted molar refractivity (Wildman–Crippen MR) is 84.7 cm³/mol. The van der Waals surface area contributed by atoms with E-state index in [1.54, 1.807) is 24.3 Å². The van der Waals surface area contributed by atoms with Crippen molar-refractivity contribution in [3.8, 4) is 5.75 Å². The minimum absolute atomic E-state index is 0.0143. The Kier molecular flexibility index (Phi) is 6.10. The van der Waals surface area contributed by atoms with Gasteiger partial charge in [-0.1, -0.05) is 12.1 Å². The number of alkyl halides is 3. The van der Waals surface area contributed by atoms with Gasteiger partial charge in [0, 0.05) is 26.1 Å². The summed E-state index contributed by atoms with van der Waals surface area (Å²) < 4.78 is 45.4. The Balaban J connectivity index is 2.14. The lowest BCUT2D eigenvalue weighted by atomic mass is 9.96. The Bertz CT molecular complexity index is 563. The summed E-state index contributed by atoms with van der Waals surface area (Å²) in [6, 6.07) is 5.37. The van der Waals surface area contributed by atoms with E-state index in [9.17, 15) is 18.0 Å². The van der Waals surface area contributed by atoms with Crippen LogP contribution in [-0.4, -0.2) is 42.2 Å². The quantitative estimate of drug-likeness (QED) is 0.892. The summed E-state index contributed by atoms with van der Waals surface area (Å²) in [6.07, 6.45) is -3.96. The third kappa shape index (κ3) is 5.12. The number of nitrogens with one attached hydrogen (secondary N) is 1. The fourth-order valence-corrected chi connectivity index (χ4v) is 3.13. The van der Waals surface area contributed by atoms with Gasteiger partial charge in [-0.05, 0) is 37.5 Å². The molecule has 1 aromatic rings. The van der Waals surface area contributed by atoms with Gasteiger partial charge in [-0.2, -0.15) is 13.2 Å². The number of nitrogens with zero attached hydrogens (tertiary/aromatic N) is 1. The van der Waals surface area contributed by atoms with Crippen molar-refractivity contribution >= 4 is 5.91 Å². The molecule has 1 aromatic carbocycles. The lowest BCUT2D eigenvalue weighted by molar-refractivity contribution is -0.194. The molecular weight excluding hydrogens is 321 g/mol. The number of rotatable bonds is 5. The molecule has 4 nitrogen and oxygen atoms in total. The molecule has 0 radical (unpaired) electrons. The largest absolute Gasteiger partial charge is 0.494 e. The van der Waals surface area contributed by atoms with E-state index < -0.39 is 12.2 Å². The highest BCUT2D eigenvalue weighted by Crippen LogP contribution is 2.33. The van der Waals surface area contributed by atoms with Crippen molar-refractivity contribution in [3.63, 3.8) is 0 Å². The monoisotopic (exact) mass is 344 g/mol. The maximum absolute atomic E-state index is 13.3. The molecule has 0 saturated carbocycles. The zero-order valence-corrected chi connectivity index (χ0v) is 13.9.